The Morgan fingerprint density at radius 3 is 2.30 bits per heavy atom. The normalized spacial score (nSPS) is 17.9. The predicted octanol–water partition coefficient (Wildman–Crippen LogP) is 2.81. The first-order chi connectivity index (χ1) is 11.0. The van der Waals surface area contributed by atoms with E-state index in [0.29, 0.717) is 6.42 Å². The number of benzene rings is 2. The van der Waals surface area contributed by atoms with Crippen molar-refractivity contribution in [2.45, 2.75) is 12.5 Å². The molecule has 3 rings (SSSR count). The summed E-state index contributed by atoms with van der Waals surface area (Å²) in [6.07, 6.45) is 1.73. The molecule has 0 saturated heterocycles. The van der Waals surface area contributed by atoms with Crippen molar-refractivity contribution in [2.24, 2.45) is 5.10 Å². The SMILES string of the molecule is COc1ccc(C2CC(c3ccccc3)=NN2S(C)(=O)=O)cc1. The van der Waals surface area contributed by atoms with E-state index in [2.05, 4.69) is 5.10 Å². The summed E-state index contributed by atoms with van der Waals surface area (Å²) < 4.78 is 30.6. The molecule has 23 heavy (non-hydrogen) atoms. The second-order valence-electron chi connectivity index (χ2n) is 5.44. The molecule has 0 bridgehead atoms. The molecule has 0 saturated carbocycles. The van der Waals surface area contributed by atoms with Gasteiger partial charge in [-0.25, -0.2) is 8.42 Å². The van der Waals surface area contributed by atoms with E-state index in [1.807, 2.05) is 54.6 Å². The molecule has 6 heteroatoms. The lowest BCUT2D eigenvalue weighted by Crippen LogP contribution is -2.25. The summed E-state index contributed by atoms with van der Waals surface area (Å²) in [6, 6.07) is 16.7. The average Bonchev–Trinajstić information content (AvgIpc) is 3.01. The fraction of sp³-hybridized carbons (Fsp3) is 0.235. The quantitative estimate of drug-likeness (QED) is 0.866. The Bertz CT molecular complexity index is 815. The molecule has 1 unspecified atom stereocenters. The van der Waals surface area contributed by atoms with Crippen LogP contribution in [0, 0.1) is 0 Å². The van der Waals surface area contributed by atoms with Crippen molar-refractivity contribution in [3.05, 3.63) is 65.7 Å². The zero-order chi connectivity index (χ0) is 16.4. The maximum absolute atomic E-state index is 12.1. The number of hydrazone groups is 1. The third-order valence-electron chi connectivity index (χ3n) is 3.82. The number of methoxy groups -OCH3 is 1. The zero-order valence-electron chi connectivity index (χ0n) is 13.0. The van der Waals surface area contributed by atoms with E-state index in [4.69, 9.17) is 4.74 Å². The Hall–Kier alpha value is -2.34. The first-order valence-electron chi connectivity index (χ1n) is 7.25. The monoisotopic (exact) mass is 330 g/mol. The van der Waals surface area contributed by atoms with Crippen molar-refractivity contribution < 1.29 is 13.2 Å². The van der Waals surface area contributed by atoms with E-state index >= 15 is 0 Å². The van der Waals surface area contributed by atoms with Crippen LogP contribution in [0.25, 0.3) is 0 Å². The van der Waals surface area contributed by atoms with Crippen LogP contribution in [0.5, 0.6) is 5.75 Å². The molecule has 0 fully saturated rings. The van der Waals surface area contributed by atoms with Crippen LogP contribution in [-0.4, -0.2) is 31.9 Å². The lowest BCUT2D eigenvalue weighted by atomic mass is 9.99. The lowest BCUT2D eigenvalue weighted by Gasteiger charge is -2.21. The van der Waals surface area contributed by atoms with Gasteiger partial charge < -0.3 is 4.74 Å². The molecule has 2 aromatic carbocycles. The van der Waals surface area contributed by atoms with Gasteiger partial charge in [0.05, 0.1) is 25.1 Å². The molecule has 0 aliphatic carbocycles. The Balaban J connectivity index is 1.97. The summed E-state index contributed by atoms with van der Waals surface area (Å²) >= 11 is 0. The third-order valence-corrected chi connectivity index (χ3v) is 4.84. The first kappa shape index (κ1) is 15.6. The van der Waals surface area contributed by atoms with Gasteiger partial charge in [0, 0.05) is 6.42 Å². The first-order valence-corrected chi connectivity index (χ1v) is 9.10. The van der Waals surface area contributed by atoms with Gasteiger partial charge in [-0.15, -0.1) is 0 Å². The molecule has 5 nitrogen and oxygen atoms in total. The molecule has 120 valence electrons. The average molecular weight is 330 g/mol. The number of ether oxygens (including phenoxy) is 1. The maximum atomic E-state index is 12.1. The molecule has 1 atom stereocenters. The van der Waals surface area contributed by atoms with Crippen molar-refractivity contribution in [1.29, 1.82) is 0 Å². The van der Waals surface area contributed by atoms with Crippen molar-refractivity contribution in [3.63, 3.8) is 0 Å². The molecule has 0 spiro atoms. The van der Waals surface area contributed by atoms with Crippen LogP contribution >= 0.6 is 0 Å². The summed E-state index contributed by atoms with van der Waals surface area (Å²) in [5, 5.41) is 4.36. The molecular formula is C17H18N2O3S. The fourth-order valence-electron chi connectivity index (χ4n) is 2.67. The van der Waals surface area contributed by atoms with Crippen molar-refractivity contribution in [1.82, 2.24) is 4.41 Å². The molecule has 2 aromatic rings. The minimum atomic E-state index is -3.44. The number of hydrogen-bond acceptors (Lipinski definition) is 4. The van der Waals surface area contributed by atoms with Crippen LogP contribution in [0.2, 0.25) is 0 Å². The lowest BCUT2D eigenvalue weighted by molar-refractivity contribution is 0.374. The molecule has 0 aromatic heterocycles. The second kappa shape index (κ2) is 6.04. The predicted molar refractivity (Wildman–Crippen MR) is 90.0 cm³/mol. The molecule has 1 aliphatic heterocycles. The van der Waals surface area contributed by atoms with E-state index in [1.54, 1.807) is 7.11 Å². The maximum Gasteiger partial charge on any atom is 0.247 e. The van der Waals surface area contributed by atoms with E-state index in [9.17, 15) is 8.42 Å². The molecular weight excluding hydrogens is 312 g/mol. The fourth-order valence-corrected chi connectivity index (χ4v) is 3.58. The van der Waals surface area contributed by atoms with Gasteiger partial charge in [-0.05, 0) is 23.3 Å². The van der Waals surface area contributed by atoms with Crippen LogP contribution in [0.1, 0.15) is 23.6 Å². The van der Waals surface area contributed by atoms with Gasteiger partial charge in [0.1, 0.15) is 5.75 Å². The number of hydrogen-bond donors (Lipinski definition) is 0. The van der Waals surface area contributed by atoms with E-state index < -0.39 is 10.0 Å². The largest absolute Gasteiger partial charge is 0.497 e. The molecule has 0 amide bonds. The van der Waals surface area contributed by atoms with Gasteiger partial charge >= 0.3 is 0 Å². The van der Waals surface area contributed by atoms with Gasteiger partial charge in [-0.2, -0.15) is 9.52 Å². The Morgan fingerprint density at radius 2 is 1.74 bits per heavy atom. The minimum Gasteiger partial charge on any atom is -0.497 e. The highest BCUT2D eigenvalue weighted by molar-refractivity contribution is 7.88. The number of rotatable bonds is 4. The summed E-state index contributed by atoms with van der Waals surface area (Å²) in [6.45, 7) is 0. The summed E-state index contributed by atoms with van der Waals surface area (Å²) in [5.41, 5.74) is 2.61. The van der Waals surface area contributed by atoms with Crippen molar-refractivity contribution in [2.75, 3.05) is 13.4 Å². The van der Waals surface area contributed by atoms with Gasteiger partial charge in [-0.3, -0.25) is 0 Å². The smallest absolute Gasteiger partial charge is 0.247 e. The van der Waals surface area contributed by atoms with Crippen LogP contribution in [0.15, 0.2) is 59.7 Å². The van der Waals surface area contributed by atoms with Crippen LogP contribution in [-0.2, 0) is 10.0 Å². The highest BCUT2D eigenvalue weighted by Crippen LogP contribution is 2.35. The van der Waals surface area contributed by atoms with Crippen molar-refractivity contribution in [3.8, 4) is 5.75 Å². The van der Waals surface area contributed by atoms with Crippen LogP contribution in [0.3, 0.4) is 0 Å². The van der Waals surface area contributed by atoms with E-state index in [1.165, 1.54) is 10.7 Å². The molecule has 1 heterocycles. The summed E-state index contributed by atoms with van der Waals surface area (Å²) in [5.74, 6) is 0.738. The summed E-state index contributed by atoms with van der Waals surface area (Å²) in [4.78, 5) is 0. The number of sulfonamides is 1. The van der Waals surface area contributed by atoms with Gasteiger partial charge in [0.25, 0.3) is 0 Å². The van der Waals surface area contributed by atoms with Crippen molar-refractivity contribution >= 4 is 15.7 Å². The zero-order valence-corrected chi connectivity index (χ0v) is 13.8. The van der Waals surface area contributed by atoms with Gasteiger partial charge in [0.2, 0.25) is 10.0 Å². The van der Waals surface area contributed by atoms with Crippen LogP contribution in [0.4, 0.5) is 0 Å². The Kier molecular flexibility index (Phi) is 4.09. The number of nitrogens with zero attached hydrogens (tertiary/aromatic N) is 2. The van der Waals surface area contributed by atoms with Crippen LogP contribution < -0.4 is 4.74 Å². The second-order valence-corrected chi connectivity index (χ2v) is 7.28. The molecule has 1 aliphatic rings. The summed E-state index contributed by atoms with van der Waals surface area (Å²) in [7, 11) is -1.84. The van der Waals surface area contributed by atoms with Gasteiger partial charge in [0.15, 0.2) is 0 Å². The topological polar surface area (TPSA) is 59.0 Å². The highest BCUT2D eigenvalue weighted by Gasteiger charge is 2.34. The standard InChI is InChI=1S/C17H18N2O3S/c1-22-15-10-8-14(9-11-15)17-12-16(13-6-4-3-5-7-13)18-19(17)23(2,20)21/h3-11,17H,12H2,1-2H3. The van der Waals surface area contributed by atoms with E-state index in [0.717, 1.165) is 22.6 Å². The third kappa shape index (κ3) is 3.22. The van der Waals surface area contributed by atoms with Gasteiger partial charge in [-0.1, -0.05) is 42.5 Å². The Morgan fingerprint density at radius 1 is 1.09 bits per heavy atom. The highest BCUT2D eigenvalue weighted by atomic mass is 32.2. The molecule has 0 N–H and O–H groups in total. The molecule has 0 radical (unpaired) electrons. The van der Waals surface area contributed by atoms with E-state index in [-0.39, 0.29) is 6.04 Å². The Labute approximate surface area is 136 Å². The minimum absolute atomic E-state index is 0.328.